The lowest BCUT2D eigenvalue weighted by Gasteiger charge is -2.14. The molecule has 0 fully saturated rings. The van der Waals surface area contributed by atoms with E-state index < -0.39 is 25.1 Å². The van der Waals surface area contributed by atoms with Crippen LogP contribution in [0.5, 0.6) is 0 Å². The monoisotopic (exact) mass is 204 g/mol. The van der Waals surface area contributed by atoms with E-state index in [1.165, 1.54) is 6.92 Å². The van der Waals surface area contributed by atoms with Gasteiger partial charge in [0.2, 0.25) is 0 Å². The number of ether oxygens (including phenoxy) is 2. The second-order valence-electron chi connectivity index (χ2n) is 2.03. The van der Waals surface area contributed by atoms with Crippen molar-refractivity contribution in [3.63, 3.8) is 0 Å². The van der Waals surface area contributed by atoms with Gasteiger partial charge in [0.05, 0.1) is 6.61 Å². The molecule has 78 valence electrons. The van der Waals surface area contributed by atoms with Crippen LogP contribution in [-0.2, 0) is 9.47 Å². The highest BCUT2D eigenvalue weighted by molar-refractivity contribution is 5.59. The topological polar surface area (TPSA) is 35.5 Å². The quantitative estimate of drug-likeness (QED) is 0.519. The second-order valence-corrected chi connectivity index (χ2v) is 2.03. The summed E-state index contributed by atoms with van der Waals surface area (Å²) >= 11 is 0. The molecule has 0 N–H and O–H groups in total. The van der Waals surface area contributed by atoms with Crippen LogP contribution >= 0.6 is 0 Å². The molecule has 0 spiro atoms. The number of carbonyl (C=O) groups excluding carboxylic acids is 1. The molecule has 0 rings (SSSR count). The fourth-order valence-electron chi connectivity index (χ4n) is 0.378. The Morgan fingerprint density at radius 2 is 1.92 bits per heavy atom. The van der Waals surface area contributed by atoms with Crippen LogP contribution in [0, 0.1) is 0 Å². The van der Waals surface area contributed by atoms with Crippen LogP contribution in [0.25, 0.3) is 0 Å². The maximum absolute atomic E-state index is 12.1. The van der Waals surface area contributed by atoms with Crippen LogP contribution in [-0.4, -0.2) is 31.7 Å². The molecule has 0 aliphatic carbocycles. The van der Waals surface area contributed by atoms with Crippen LogP contribution in [0.1, 0.15) is 6.92 Å². The Bertz CT molecular complexity index is 171. The van der Waals surface area contributed by atoms with E-state index in [4.69, 9.17) is 0 Å². The van der Waals surface area contributed by atoms with E-state index in [1.807, 2.05) is 0 Å². The molecule has 7 heteroatoms. The fraction of sp³-hybridized carbons (Fsp3) is 0.833. The molecule has 0 saturated heterocycles. The molecule has 0 aliphatic heterocycles. The van der Waals surface area contributed by atoms with E-state index in [2.05, 4.69) is 9.47 Å². The van der Waals surface area contributed by atoms with Crippen molar-refractivity contribution in [1.82, 2.24) is 0 Å². The van der Waals surface area contributed by atoms with E-state index in [0.717, 1.165) is 0 Å². The van der Waals surface area contributed by atoms with Gasteiger partial charge in [-0.05, 0) is 6.92 Å². The first-order valence-electron chi connectivity index (χ1n) is 3.35. The first-order valence-corrected chi connectivity index (χ1v) is 3.35. The SMILES string of the molecule is CCOC(=O)OCC(F)(F)C(F)F. The van der Waals surface area contributed by atoms with Gasteiger partial charge in [0.15, 0.2) is 6.61 Å². The third-order valence-electron chi connectivity index (χ3n) is 0.964. The highest BCUT2D eigenvalue weighted by Gasteiger charge is 2.42. The van der Waals surface area contributed by atoms with Gasteiger partial charge >= 0.3 is 18.5 Å². The molecule has 0 aliphatic rings. The lowest BCUT2D eigenvalue weighted by molar-refractivity contribution is -0.158. The van der Waals surface area contributed by atoms with Crippen molar-refractivity contribution in [3.05, 3.63) is 0 Å². The Balaban J connectivity index is 3.81. The Labute approximate surface area is 71.6 Å². The third kappa shape index (κ3) is 4.54. The minimum Gasteiger partial charge on any atom is -0.435 e. The van der Waals surface area contributed by atoms with E-state index in [-0.39, 0.29) is 6.61 Å². The lowest BCUT2D eigenvalue weighted by Crippen LogP contribution is -2.33. The molecule has 0 aromatic rings. The Morgan fingerprint density at radius 1 is 1.38 bits per heavy atom. The van der Waals surface area contributed by atoms with Crippen molar-refractivity contribution in [2.45, 2.75) is 19.3 Å². The van der Waals surface area contributed by atoms with Crippen molar-refractivity contribution < 1.29 is 31.8 Å². The highest BCUT2D eigenvalue weighted by atomic mass is 19.3. The van der Waals surface area contributed by atoms with Crippen molar-refractivity contribution >= 4 is 6.16 Å². The average molecular weight is 204 g/mol. The smallest absolute Gasteiger partial charge is 0.435 e. The summed E-state index contributed by atoms with van der Waals surface area (Å²) in [7, 11) is 0. The van der Waals surface area contributed by atoms with E-state index in [0.29, 0.717) is 0 Å². The van der Waals surface area contributed by atoms with Gasteiger partial charge in [0.25, 0.3) is 0 Å². The normalized spacial score (nSPS) is 11.5. The number of halogens is 4. The third-order valence-corrected chi connectivity index (χ3v) is 0.964. The standard InChI is InChI=1S/C6H8F4O3/c1-2-12-5(11)13-3-6(9,10)4(7)8/h4H,2-3H2,1H3. The maximum Gasteiger partial charge on any atom is 0.508 e. The van der Waals surface area contributed by atoms with Crippen molar-refractivity contribution in [2.24, 2.45) is 0 Å². The van der Waals surface area contributed by atoms with Gasteiger partial charge in [-0.25, -0.2) is 13.6 Å². The number of rotatable bonds is 4. The summed E-state index contributed by atoms with van der Waals surface area (Å²) in [4.78, 5) is 10.3. The number of hydrogen-bond donors (Lipinski definition) is 0. The molecule has 0 unspecified atom stereocenters. The molecular formula is C6H8F4O3. The van der Waals surface area contributed by atoms with E-state index in [1.54, 1.807) is 0 Å². The van der Waals surface area contributed by atoms with Crippen LogP contribution in [0.2, 0.25) is 0 Å². The number of alkyl halides is 4. The minimum absolute atomic E-state index is 0.0704. The molecule has 0 aromatic heterocycles. The minimum atomic E-state index is -4.33. The maximum atomic E-state index is 12.1. The van der Waals surface area contributed by atoms with Gasteiger partial charge in [-0.15, -0.1) is 0 Å². The zero-order valence-electron chi connectivity index (χ0n) is 6.73. The lowest BCUT2D eigenvalue weighted by atomic mass is 10.4. The highest BCUT2D eigenvalue weighted by Crippen LogP contribution is 2.22. The van der Waals surface area contributed by atoms with E-state index in [9.17, 15) is 22.4 Å². The molecule has 0 aromatic carbocycles. The zero-order valence-corrected chi connectivity index (χ0v) is 6.73. The van der Waals surface area contributed by atoms with Gasteiger partial charge in [0.1, 0.15) is 0 Å². The fourth-order valence-corrected chi connectivity index (χ4v) is 0.378. The van der Waals surface area contributed by atoms with Crippen LogP contribution in [0.15, 0.2) is 0 Å². The largest absolute Gasteiger partial charge is 0.508 e. The summed E-state index contributed by atoms with van der Waals surface area (Å²) in [5, 5.41) is 0. The van der Waals surface area contributed by atoms with Gasteiger partial charge in [-0.2, -0.15) is 8.78 Å². The van der Waals surface area contributed by atoms with Gasteiger partial charge in [0, 0.05) is 0 Å². The van der Waals surface area contributed by atoms with Crippen LogP contribution < -0.4 is 0 Å². The predicted octanol–water partition coefficient (Wildman–Crippen LogP) is 2.06. The number of hydrogen-bond acceptors (Lipinski definition) is 3. The Kier molecular flexibility index (Phi) is 4.50. The number of carbonyl (C=O) groups is 1. The summed E-state index contributed by atoms with van der Waals surface area (Å²) in [6, 6.07) is 0. The molecule has 3 nitrogen and oxygen atoms in total. The molecule has 0 heterocycles. The summed E-state index contributed by atoms with van der Waals surface area (Å²) in [5.41, 5.74) is 0. The molecular weight excluding hydrogens is 196 g/mol. The van der Waals surface area contributed by atoms with Crippen LogP contribution in [0.3, 0.4) is 0 Å². The van der Waals surface area contributed by atoms with Gasteiger partial charge < -0.3 is 9.47 Å². The van der Waals surface area contributed by atoms with E-state index >= 15 is 0 Å². The van der Waals surface area contributed by atoms with Crippen molar-refractivity contribution in [3.8, 4) is 0 Å². The van der Waals surface area contributed by atoms with Crippen molar-refractivity contribution in [1.29, 1.82) is 0 Å². The summed E-state index contributed by atoms with van der Waals surface area (Å²) < 4.78 is 54.9. The first-order chi connectivity index (χ1) is 5.90. The zero-order chi connectivity index (χ0) is 10.5. The molecule has 0 amide bonds. The molecule has 0 saturated carbocycles. The molecule has 0 bridgehead atoms. The summed E-state index contributed by atoms with van der Waals surface area (Å²) in [6.07, 6.45) is -5.25. The Hall–Kier alpha value is -1.01. The molecule has 13 heavy (non-hydrogen) atoms. The molecule has 0 atom stereocenters. The Morgan fingerprint density at radius 3 is 2.31 bits per heavy atom. The van der Waals surface area contributed by atoms with Crippen LogP contribution in [0.4, 0.5) is 22.4 Å². The molecule has 0 radical (unpaired) electrons. The average Bonchev–Trinajstić information content (AvgIpc) is 2.01. The predicted molar refractivity (Wildman–Crippen MR) is 33.9 cm³/mol. The van der Waals surface area contributed by atoms with Gasteiger partial charge in [-0.1, -0.05) is 0 Å². The van der Waals surface area contributed by atoms with Crippen molar-refractivity contribution in [2.75, 3.05) is 13.2 Å². The summed E-state index contributed by atoms with van der Waals surface area (Å²) in [6.45, 7) is -0.324. The first kappa shape index (κ1) is 12.0. The van der Waals surface area contributed by atoms with Gasteiger partial charge in [-0.3, -0.25) is 0 Å². The second kappa shape index (κ2) is 4.88. The summed E-state index contributed by atoms with van der Waals surface area (Å²) in [5.74, 6) is -4.33.